The van der Waals surface area contributed by atoms with Crippen molar-refractivity contribution < 1.29 is 28.2 Å². The van der Waals surface area contributed by atoms with Crippen LogP contribution in [0.15, 0.2) is 48.5 Å². The second kappa shape index (κ2) is 6.78. The van der Waals surface area contributed by atoms with Gasteiger partial charge < -0.3 is 10.2 Å². The number of para-hydroxylation sites is 1. The smallest absolute Gasteiger partial charge is 0.454 e. The van der Waals surface area contributed by atoms with Gasteiger partial charge in [-0.15, -0.1) is 0 Å². The number of benzene rings is 2. The standard InChI is InChI=1S/C8H5F3O2.C7H8O/c9-8(10,11)7(13)5-1-3-6(12)4-2-5;1-6-4-2-3-5-7(6)8/h1-4,12H;2-5,8H,1H3. The predicted octanol–water partition coefficient (Wildman–Crippen LogP) is 3.84. The van der Waals surface area contributed by atoms with Crippen molar-refractivity contribution in [3.8, 4) is 11.5 Å². The highest BCUT2D eigenvalue weighted by Gasteiger charge is 2.39. The van der Waals surface area contributed by atoms with Gasteiger partial charge in [-0.1, -0.05) is 18.2 Å². The van der Waals surface area contributed by atoms with Crippen LogP contribution in [0.25, 0.3) is 0 Å². The Hall–Kier alpha value is -2.50. The van der Waals surface area contributed by atoms with E-state index in [1.165, 1.54) is 0 Å². The molecule has 0 bridgehead atoms. The fourth-order valence-electron chi connectivity index (χ4n) is 1.34. The van der Waals surface area contributed by atoms with Gasteiger partial charge in [-0.3, -0.25) is 4.79 Å². The van der Waals surface area contributed by atoms with Crippen molar-refractivity contribution in [3.63, 3.8) is 0 Å². The minimum atomic E-state index is -4.86. The summed E-state index contributed by atoms with van der Waals surface area (Å²) in [5, 5.41) is 17.7. The summed E-state index contributed by atoms with van der Waals surface area (Å²) < 4.78 is 35.5. The molecule has 112 valence electrons. The Morgan fingerprint density at radius 2 is 1.48 bits per heavy atom. The van der Waals surface area contributed by atoms with Crippen molar-refractivity contribution in [2.45, 2.75) is 13.1 Å². The number of rotatable bonds is 1. The first-order valence-electron chi connectivity index (χ1n) is 5.87. The number of aromatic hydroxyl groups is 2. The molecule has 2 rings (SSSR count). The van der Waals surface area contributed by atoms with E-state index in [9.17, 15) is 18.0 Å². The van der Waals surface area contributed by atoms with Crippen LogP contribution in [0.5, 0.6) is 11.5 Å². The molecule has 0 heterocycles. The number of hydrogen-bond donors (Lipinski definition) is 2. The lowest BCUT2D eigenvalue weighted by Gasteiger charge is -2.04. The first-order chi connectivity index (χ1) is 9.71. The van der Waals surface area contributed by atoms with E-state index in [-0.39, 0.29) is 5.75 Å². The zero-order valence-corrected chi connectivity index (χ0v) is 11.1. The van der Waals surface area contributed by atoms with E-state index in [1.807, 2.05) is 25.1 Å². The second-order valence-electron chi connectivity index (χ2n) is 4.16. The first kappa shape index (κ1) is 16.6. The number of phenolic OH excluding ortho intramolecular Hbond substituents is 2. The van der Waals surface area contributed by atoms with Crippen LogP contribution in [0.4, 0.5) is 13.2 Å². The molecular formula is C15H13F3O3. The highest BCUT2D eigenvalue weighted by molar-refractivity contribution is 6.00. The second-order valence-corrected chi connectivity index (χ2v) is 4.16. The number of carbonyl (C=O) groups excluding carboxylic acids is 1. The fraction of sp³-hybridized carbons (Fsp3) is 0.133. The van der Waals surface area contributed by atoms with Gasteiger partial charge in [-0.05, 0) is 42.8 Å². The number of phenols is 2. The van der Waals surface area contributed by atoms with Gasteiger partial charge in [0.1, 0.15) is 11.5 Å². The molecule has 0 aliphatic heterocycles. The van der Waals surface area contributed by atoms with Crippen LogP contribution in [0.2, 0.25) is 0 Å². The fourth-order valence-corrected chi connectivity index (χ4v) is 1.34. The molecule has 2 aromatic carbocycles. The van der Waals surface area contributed by atoms with Crippen LogP contribution in [0, 0.1) is 6.92 Å². The number of ketones is 1. The highest BCUT2D eigenvalue weighted by Crippen LogP contribution is 2.22. The van der Waals surface area contributed by atoms with Crippen LogP contribution >= 0.6 is 0 Å². The third kappa shape index (κ3) is 5.18. The summed E-state index contributed by atoms with van der Waals surface area (Å²) in [5.41, 5.74) is 0.442. The van der Waals surface area contributed by atoms with Crippen molar-refractivity contribution in [3.05, 3.63) is 59.7 Å². The first-order valence-corrected chi connectivity index (χ1v) is 5.87. The summed E-state index contributed by atoms with van der Waals surface area (Å²) in [6, 6.07) is 11.1. The molecule has 0 fully saturated rings. The molecule has 0 aromatic heterocycles. The summed E-state index contributed by atoms with van der Waals surface area (Å²) in [6.45, 7) is 1.87. The van der Waals surface area contributed by atoms with Crippen molar-refractivity contribution in [2.24, 2.45) is 0 Å². The molecule has 21 heavy (non-hydrogen) atoms. The largest absolute Gasteiger partial charge is 0.508 e. The molecule has 0 spiro atoms. The van der Waals surface area contributed by atoms with E-state index in [2.05, 4.69) is 0 Å². The Kier molecular flexibility index (Phi) is 5.35. The van der Waals surface area contributed by atoms with Gasteiger partial charge in [0.2, 0.25) is 0 Å². The molecule has 0 saturated heterocycles. The maximum atomic E-state index is 11.8. The third-order valence-electron chi connectivity index (χ3n) is 2.50. The number of carbonyl (C=O) groups is 1. The van der Waals surface area contributed by atoms with Crippen LogP contribution in [0.1, 0.15) is 15.9 Å². The summed E-state index contributed by atoms with van der Waals surface area (Å²) >= 11 is 0. The normalized spacial score (nSPS) is 10.5. The van der Waals surface area contributed by atoms with Gasteiger partial charge in [0.05, 0.1) is 0 Å². The van der Waals surface area contributed by atoms with Gasteiger partial charge in [0.25, 0.3) is 5.78 Å². The van der Waals surface area contributed by atoms with Gasteiger partial charge in [-0.2, -0.15) is 13.2 Å². The molecule has 0 aliphatic carbocycles. The van der Waals surface area contributed by atoms with Gasteiger partial charge in [0, 0.05) is 5.56 Å². The van der Waals surface area contributed by atoms with Crippen LogP contribution < -0.4 is 0 Å². The topological polar surface area (TPSA) is 57.5 Å². The van der Waals surface area contributed by atoms with Crippen LogP contribution in [0.3, 0.4) is 0 Å². The zero-order chi connectivity index (χ0) is 16.0. The molecule has 0 atom stereocenters. The van der Waals surface area contributed by atoms with Crippen molar-refractivity contribution in [1.29, 1.82) is 0 Å². The zero-order valence-electron chi connectivity index (χ0n) is 11.1. The van der Waals surface area contributed by atoms with Crippen LogP contribution in [-0.4, -0.2) is 22.2 Å². The van der Waals surface area contributed by atoms with Gasteiger partial charge >= 0.3 is 6.18 Å². The van der Waals surface area contributed by atoms with E-state index >= 15 is 0 Å². The summed E-state index contributed by atoms with van der Waals surface area (Å²) in [7, 11) is 0. The highest BCUT2D eigenvalue weighted by atomic mass is 19.4. The van der Waals surface area contributed by atoms with Crippen molar-refractivity contribution >= 4 is 5.78 Å². The number of alkyl halides is 3. The molecule has 0 saturated carbocycles. The molecule has 2 N–H and O–H groups in total. The van der Waals surface area contributed by atoms with E-state index in [1.54, 1.807) is 6.07 Å². The average Bonchev–Trinajstić information content (AvgIpc) is 2.42. The molecule has 0 unspecified atom stereocenters. The Labute approximate surface area is 119 Å². The maximum absolute atomic E-state index is 11.8. The summed E-state index contributed by atoms with van der Waals surface area (Å²) in [5.74, 6) is -1.72. The monoisotopic (exact) mass is 298 g/mol. The Bertz CT molecular complexity index is 583. The molecule has 6 heteroatoms. The summed E-state index contributed by atoms with van der Waals surface area (Å²) in [6.07, 6.45) is -4.86. The third-order valence-corrected chi connectivity index (χ3v) is 2.50. The molecule has 0 aliphatic rings. The molecule has 2 aromatic rings. The number of aryl methyl sites for hydroxylation is 1. The number of halogens is 3. The van der Waals surface area contributed by atoms with Crippen molar-refractivity contribution in [2.75, 3.05) is 0 Å². The predicted molar refractivity (Wildman–Crippen MR) is 71.3 cm³/mol. The molecular weight excluding hydrogens is 285 g/mol. The van der Waals surface area contributed by atoms with E-state index < -0.39 is 17.5 Å². The Morgan fingerprint density at radius 3 is 1.86 bits per heavy atom. The Balaban J connectivity index is 0.000000235. The molecule has 0 amide bonds. The lowest BCUT2D eigenvalue weighted by molar-refractivity contribution is -0.0885. The lowest BCUT2D eigenvalue weighted by atomic mass is 10.1. The quantitative estimate of drug-likeness (QED) is 0.786. The minimum Gasteiger partial charge on any atom is -0.508 e. The van der Waals surface area contributed by atoms with Gasteiger partial charge in [-0.25, -0.2) is 0 Å². The number of hydrogen-bond acceptors (Lipinski definition) is 3. The van der Waals surface area contributed by atoms with Crippen molar-refractivity contribution in [1.82, 2.24) is 0 Å². The molecule has 0 radical (unpaired) electrons. The Morgan fingerprint density at radius 1 is 0.952 bits per heavy atom. The lowest BCUT2D eigenvalue weighted by Crippen LogP contribution is -2.22. The summed E-state index contributed by atoms with van der Waals surface area (Å²) in [4.78, 5) is 10.6. The molecule has 3 nitrogen and oxygen atoms in total. The van der Waals surface area contributed by atoms with E-state index in [4.69, 9.17) is 10.2 Å². The SMILES string of the molecule is Cc1ccccc1O.O=C(c1ccc(O)cc1)C(F)(F)F. The minimum absolute atomic E-state index is 0.182. The van der Waals surface area contributed by atoms with E-state index in [0.29, 0.717) is 5.75 Å². The van der Waals surface area contributed by atoms with Crippen LogP contribution in [-0.2, 0) is 0 Å². The average molecular weight is 298 g/mol. The van der Waals surface area contributed by atoms with E-state index in [0.717, 1.165) is 29.8 Å². The van der Waals surface area contributed by atoms with Gasteiger partial charge in [0.15, 0.2) is 0 Å². The number of Topliss-reactive ketones (excluding diaryl/α,β-unsaturated/α-hetero) is 1. The maximum Gasteiger partial charge on any atom is 0.454 e.